The molecular formula is C23H20ClN5O3S2. The Morgan fingerprint density at radius 2 is 2.03 bits per heavy atom. The van der Waals surface area contributed by atoms with Crippen LogP contribution in [0.5, 0.6) is 0 Å². The van der Waals surface area contributed by atoms with Gasteiger partial charge in [0.2, 0.25) is 0 Å². The van der Waals surface area contributed by atoms with Crippen LogP contribution in [-0.4, -0.2) is 31.9 Å². The molecule has 0 aliphatic heterocycles. The highest BCUT2D eigenvalue weighted by Crippen LogP contribution is 2.34. The van der Waals surface area contributed by atoms with Gasteiger partial charge in [-0.25, -0.2) is 9.97 Å². The number of nitro groups is 1. The van der Waals surface area contributed by atoms with Crippen molar-refractivity contribution in [2.24, 2.45) is 0 Å². The van der Waals surface area contributed by atoms with Crippen molar-refractivity contribution in [1.82, 2.24) is 14.5 Å². The predicted molar refractivity (Wildman–Crippen MR) is 139 cm³/mol. The van der Waals surface area contributed by atoms with E-state index in [1.807, 2.05) is 35.9 Å². The topological polar surface area (TPSA) is 94.2 Å². The Balaban J connectivity index is 0.00000274. The van der Waals surface area contributed by atoms with Gasteiger partial charge in [-0.15, -0.1) is 23.7 Å². The number of amides is 1. The molecule has 8 nitrogen and oxygen atoms in total. The lowest BCUT2D eigenvalue weighted by atomic mass is 10.2. The number of thiazole rings is 1. The van der Waals surface area contributed by atoms with Crippen molar-refractivity contribution in [3.05, 3.63) is 81.7 Å². The van der Waals surface area contributed by atoms with Gasteiger partial charge in [-0.2, -0.15) is 0 Å². The van der Waals surface area contributed by atoms with E-state index in [0.29, 0.717) is 21.9 Å². The molecule has 0 fully saturated rings. The van der Waals surface area contributed by atoms with Gasteiger partial charge < -0.3 is 4.57 Å². The Hall–Kier alpha value is -3.34. The lowest BCUT2D eigenvalue weighted by Crippen LogP contribution is -2.31. The second-order valence-electron chi connectivity index (χ2n) is 7.62. The van der Waals surface area contributed by atoms with Crippen molar-refractivity contribution in [3.63, 3.8) is 0 Å². The molecule has 34 heavy (non-hydrogen) atoms. The number of carbonyl (C=O) groups is 1. The average molecular weight is 514 g/mol. The van der Waals surface area contributed by atoms with Gasteiger partial charge in [-0.05, 0) is 37.1 Å². The molecule has 5 aromatic rings. The summed E-state index contributed by atoms with van der Waals surface area (Å²) in [6.45, 7) is 3.23. The highest BCUT2D eigenvalue weighted by atomic mass is 35.5. The number of rotatable bonds is 7. The third-order valence-corrected chi connectivity index (χ3v) is 7.51. The van der Waals surface area contributed by atoms with E-state index in [2.05, 4.69) is 4.98 Å². The number of para-hydroxylation sites is 1. The number of thiophene rings is 1. The van der Waals surface area contributed by atoms with E-state index >= 15 is 0 Å². The van der Waals surface area contributed by atoms with Gasteiger partial charge in [-0.3, -0.25) is 19.8 Å². The maximum absolute atomic E-state index is 13.6. The minimum atomic E-state index is -0.426. The lowest BCUT2D eigenvalue weighted by molar-refractivity contribution is -0.384. The molecule has 0 spiro atoms. The number of imidazole rings is 1. The van der Waals surface area contributed by atoms with Crippen LogP contribution >= 0.6 is 35.1 Å². The average Bonchev–Trinajstić information content (AvgIpc) is 3.55. The zero-order valence-electron chi connectivity index (χ0n) is 18.1. The molecule has 0 aliphatic rings. The second kappa shape index (κ2) is 9.88. The maximum atomic E-state index is 13.6. The monoisotopic (exact) mass is 513 g/mol. The third-order valence-electron chi connectivity index (χ3n) is 5.36. The van der Waals surface area contributed by atoms with Crippen LogP contribution in [0.4, 0.5) is 10.8 Å². The van der Waals surface area contributed by atoms with Crippen molar-refractivity contribution in [1.29, 1.82) is 0 Å². The van der Waals surface area contributed by atoms with Crippen molar-refractivity contribution < 1.29 is 9.72 Å². The van der Waals surface area contributed by atoms with Gasteiger partial charge in [0.25, 0.3) is 11.6 Å². The number of nitrogens with zero attached hydrogens (tertiary/aromatic N) is 5. The molecule has 5 rings (SSSR count). The number of aromatic nitrogens is 3. The van der Waals surface area contributed by atoms with Crippen LogP contribution < -0.4 is 4.90 Å². The molecule has 0 radical (unpaired) electrons. The van der Waals surface area contributed by atoms with Gasteiger partial charge >= 0.3 is 0 Å². The van der Waals surface area contributed by atoms with Crippen molar-refractivity contribution >= 4 is 72.1 Å². The Bertz CT molecular complexity index is 1480. The SMILES string of the molecule is Cc1cccc2sc(N(CCCn3ccnc3)C(=O)c3cc4cc([N+](=O)[O-])ccc4s3)nc12.Cl. The fourth-order valence-electron chi connectivity index (χ4n) is 3.69. The number of fused-ring (bicyclic) bond motifs is 2. The number of benzene rings is 2. The molecule has 0 N–H and O–H groups in total. The van der Waals surface area contributed by atoms with E-state index in [4.69, 9.17) is 4.98 Å². The summed E-state index contributed by atoms with van der Waals surface area (Å²) in [5, 5.41) is 12.5. The molecule has 2 aromatic carbocycles. The molecule has 0 aliphatic carbocycles. The molecule has 1 amide bonds. The van der Waals surface area contributed by atoms with E-state index in [9.17, 15) is 14.9 Å². The zero-order chi connectivity index (χ0) is 22.9. The van der Waals surface area contributed by atoms with Crippen molar-refractivity contribution in [2.75, 3.05) is 11.4 Å². The maximum Gasteiger partial charge on any atom is 0.270 e. The number of non-ortho nitro benzene ring substituents is 1. The first-order chi connectivity index (χ1) is 16.0. The number of aryl methyl sites for hydroxylation is 2. The van der Waals surface area contributed by atoms with Gasteiger partial charge in [0.05, 0.1) is 26.3 Å². The van der Waals surface area contributed by atoms with Gasteiger partial charge in [0.15, 0.2) is 5.13 Å². The minimum absolute atomic E-state index is 0. The number of anilines is 1. The van der Waals surface area contributed by atoms with E-state index in [-0.39, 0.29) is 24.0 Å². The van der Waals surface area contributed by atoms with Crippen LogP contribution in [-0.2, 0) is 6.54 Å². The number of hydrogen-bond donors (Lipinski definition) is 0. The summed E-state index contributed by atoms with van der Waals surface area (Å²) in [6, 6.07) is 12.4. The third kappa shape index (κ3) is 4.65. The molecule has 0 saturated carbocycles. The van der Waals surface area contributed by atoms with E-state index in [0.717, 1.165) is 33.4 Å². The zero-order valence-corrected chi connectivity index (χ0v) is 20.5. The second-order valence-corrected chi connectivity index (χ2v) is 9.71. The Kier molecular flexibility index (Phi) is 6.92. The Morgan fingerprint density at radius 1 is 1.18 bits per heavy atom. The summed E-state index contributed by atoms with van der Waals surface area (Å²) in [7, 11) is 0. The number of hydrogen-bond acceptors (Lipinski definition) is 7. The first-order valence-electron chi connectivity index (χ1n) is 10.3. The number of carbonyl (C=O) groups excluding carboxylic acids is 1. The van der Waals surface area contributed by atoms with Gasteiger partial charge in [-0.1, -0.05) is 23.5 Å². The van der Waals surface area contributed by atoms with Crippen molar-refractivity contribution in [2.45, 2.75) is 19.9 Å². The normalized spacial score (nSPS) is 11.0. The summed E-state index contributed by atoms with van der Waals surface area (Å²) in [5.74, 6) is -0.152. The molecule has 3 heterocycles. The van der Waals surface area contributed by atoms with Crippen LogP contribution in [0.1, 0.15) is 21.7 Å². The fraction of sp³-hybridized carbons (Fsp3) is 0.174. The molecule has 0 saturated heterocycles. The summed E-state index contributed by atoms with van der Waals surface area (Å²) < 4.78 is 3.84. The van der Waals surface area contributed by atoms with E-state index in [1.54, 1.807) is 29.6 Å². The largest absolute Gasteiger partial charge is 0.337 e. The molecule has 174 valence electrons. The van der Waals surface area contributed by atoms with Crippen LogP contribution in [0.3, 0.4) is 0 Å². The molecule has 0 bridgehead atoms. The summed E-state index contributed by atoms with van der Waals surface area (Å²) in [4.78, 5) is 35.4. The molecular weight excluding hydrogens is 494 g/mol. The summed E-state index contributed by atoms with van der Waals surface area (Å²) in [6.07, 6.45) is 6.11. The fourth-order valence-corrected chi connectivity index (χ4v) is 5.75. The smallest absolute Gasteiger partial charge is 0.270 e. The first-order valence-corrected chi connectivity index (χ1v) is 11.9. The highest BCUT2D eigenvalue weighted by Gasteiger charge is 2.24. The first kappa shape index (κ1) is 23.8. The quantitative estimate of drug-likeness (QED) is 0.194. The highest BCUT2D eigenvalue weighted by molar-refractivity contribution is 7.23. The molecule has 3 aromatic heterocycles. The lowest BCUT2D eigenvalue weighted by Gasteiger charge is -2.19. The van der Waals surface area contributed by atoms with Crippen molar-refractivity contribution in [3.8, 4) is 0 Å². The standard InChI is InChI=1S/C23H19N5O3S2.ClH/c1-15-4-2-5-19-21(15)25-23(33-19)27(10-3-9-26-11-8-24-14-26)22(29)20-13-16-12-17(28(30)31)6-7-18(16)32-20;/h2,4-8,11-14H,3,9-10H2,1H3;1H. The van der Waals surface area contributed by atoms with Crippen LogP contribution in [0.25, 0.3) is 20.3 Å². The Labute approximate surface area is 209 Å². The number of halogens is 1. The van der Waals surface area contributed by atoms with Crippen LogP contribution in [0.15, 0.2) is 61.2 Å². The molecule has 0 atom stereocenters. The van der Waals surface area contributed by atoms with Gasteiger partial charge in [0, 0.05) is 47.7 Å². The molecule has 0 unspecified atom stereocenters. The van der Waals surface area contributed by atoms with Crippen LogP contribution in [0, 0.1) is 17.0 Å². The van der Waals surface area contributed by atoms with Gasteiger partial charge in [0.1, 0.15) is 0 Å². The van der Waals surface area contributed by atoms with Crippen LogP contribution in [0.2, 0.25) is 0 Å². The summed E-state index contributed by atoms with van der Waals surface area (Å²) >= 11 is 2.83. The van der Waals surface area contributed by atoms with E-state index < -0.39 is 4.92 Å². The Morgan fingerprint density at radius 3 is 2.76 bits per heavy atom. The summed E-state index contributed by atoms with van der Waals surface area (Å²) in [5.41, 5.74) is 1.98. The minimum Gasteiger partial charge on any atom is -0.337 e. The van der Waals surface area contributed by atoms with E-state index in [1.165, 1.54) is 34.8 Å². The predicted octanol–water partition coefficient (Wildman–Crippen LogP) is 6.08. The number of nitro benzene ring substituents is 1. The molecule has 11 heteroatoms.